The van der Waals surface area contributed by atoms with Gasteiger partial charge in [-0.25, -0.2) is 4.79 Å². The lowest BCUT2D eigenvalue weighted by molar-refractivity contribution is -0.131. The van der Waals surface area contributed by atoms with E-state index in [-0.39, 0.29) is 22.8 Å². The second kappa shape index (κ2) is 9.95. The molecule has 1 atom stereocenters. The number of aromatic carboxylic acids is 1. The normalized spacial score (nSPS) is 18.9. The lowest BCUT2D eigenvalue weighted by Gasteiger charge is -2.41. The van der Waals surface area contributed by atoms with E-state index in [2.05, 4.69) is 53.7 Å². The summed E-state index contributed by atoms with van der Waals surface area (Å²) >= 11 is 6.72. The third kappa shape index (κ3) is 5.90. The Bertz CT molecular complexity index is 1100. The Morgan fingerprint density at radius 2 is 1.79 bits per heavy atom. The molecule has 1 aliphatic rings. The van der Waals surface area contributed by atoms with Crippen molar-refractivity contribution in [3.05, 3.63) is 81.5 Å². The van der Waals surface area contributed by atoms with Crippen LogP contribution in [0.1, 0.15) is 81.4 Å². The van der Waals surface area contributed by atoms with Crippen molar-refractivity contribution in [3.8, 4) is 0 Å². The molecule has 5 heteroatoms. The van der Waals surface area contributed by atoms with Crippen LogP contribution in [0.4, 0.5) is 0 Å². The Kier molecular flexibility index (Phi) is 7.62. The van der Waals surface area contributed by atoms with E-state index in [1.54, 1.807) is 29.2 Å². The first-order valence-electron chi connectivity index (χ1n) is 11.9. The molecule has 0 radical (unpaired) electrons. The van der Waals surface area contributed by atoms with Crippen LogP contribution in [0.5, 0.6) is 0 Å². The predicted molar refractivity (Wildman–Crippen MR) is 138 cm³/mol. The van der Waals surface area contributed by atoms with E-state index in [1.165, 1.54) is 5.57 Å². The summed E-state index contributed by atoms with van der Waals surface area (Å²) in [7, 11) is 0. The molecular formula is C29H36ClNO3. The molecule has 182 valence electrons. The van der Waals surface area contributed by atoms with E-state index in [0.29, 0.717) is 13.0 Å². The minimum Gasteiger partial charge on any atom is -0.478 e. The van der Waals surface area contributed by atoms with Crippen molar-refractivity contribution in [1.82, 2.24) is 4.90 Å². The summed E-state index contributed by atoms with van der Waals surface area (Å²) in [6, 6.07) is 13.0. The number of benzene rings is 2. The molecule has 4 nitrogen and oxygen atoms in total. The highest BCUT2D eigenvalue weighted by Crippen LogP contribution is 2.44. The highest BCUT2D eigenvalue weighted by atomic mass is 35.5. The van der Waals surface area contributed by atoms with Crippen LogP contribution in [0.2, 0.25) is 5.02 Å². The lowest BCUT2D eigenvalue weighted by Crippen LogP contribution is -2.42. The van der Waals surface area contributed by atoms with Crippen molar-refractivity contribution in [2.45, 2.75) is 72.8 Å². The Morgan fingerprint density at radius 1 is 1.15 bits per heavy atom. The average Bonchev–Trinajstić information content (AvgIpc) is 2.74. The molecule has 2 aromatic rings. The number of aryl methyl sites for hydroxylation is 1. The third-order valence-corrected chi connectivity index (χ3v) is 7.12. The fourth-order valence-electron chi connectivity index (χ4n) is 4.63. The van der Waals surface area contributed by atoms with Crippen LogP contribution in [0.15, 0.2) is 54.2 Å². The average molecular weight is 482 g/mol. The maximum Gasteiger partial charge on any atom is 0.335 e. The number of rotatable bonds is 7. The number of hydrogen-bond acceptors (Lipinski definition) is 2. The van der Waals surface area contributed by atoms with Crippen molar-refractivity contribution in [2.24, 2.45) is 11.3 Å². The quantitative estimate of drug-likeness (QED) is 0.453. The van der Waals surface area contributed by atoms with Gasteiger partial charge < -0.3 is 10.0 Å². The van der Waals surface area contributed by atoms with E-state index >= 15 is 0 Å². The topological polar surface area (TPSA) is 57.6 Å². The summed E-state index contributed by atoms with van der Waals surface area (Å²) in [5.74, 6) is -0.669. The molecule has 1 heterocycles. The van der Waals surface area contributed by atoms with Crippen LogP contribution in [-0.4, -0.2) is 21.9 Å². The first kappa shape index (κ1) is 26.0. The zero-order chi connectivity index (χ0) is 25.3. The van der Waals surface area contributed by atoms with Crippen molar-refractivity contribution in [2.75, 3.05) is 0 Å². The minimum atomic E-state index is -0.957. The molecule has 1 amide bonds. The fraction of sp³-hybridized carbons (Fsp3) is 0.448. The second-order valence-electron chi connectivity index (χ2n) is 11.1. The number of carbonyl (C=O) groups is 2. The number of hydrogen-bond donors (Lipinski definition) is 1. The van der Waals surface area contributed by atoms with E-state index in [1.807, 2.05) is 12.3 Å². The summed E-state index contributed by atoms with van der Waals surface area (Å²) < 4.78 is 0. The van der Waals surface area contributed by atoms with Gasteiger partial charge in [0, 0.05) is 23.1 Å². The predicted octanol–water partition coefficient (Wildman–Crippen LogP) is 7.25. The minimum absolute atomic E-state index is 0.0437. The maximum absolute atomic E-state index is 13.2. The highest BCUT2D eigenvalue weighted by Gasteiger charge is 2.40. The van der Waals surface area contributed by atoms with Gasteiger partial charge in [0.05, 0.1) is 12.1 Å². The molecule has 0 spiro atoms. The smallest absolute Gasteiger partial charge is 0.335 e. The van der Waals surface area contributed by atoms with Gasteiger partial charge in [0.2, 0.25) is 5.91 Å². The van der Waals surface area contributed by atoms with Gasteiger partial charge in [0.1, 0.15) is 0 Å². The van der Waals surface area contributed by atoms with E-state index < -0.39 is 11.4 Å². The van der Waals surface area contributed by atoms with Crippen LogP contribution in [0.25, 0.3) is 0 Å². The number of amides is 1. The number of carbonyl (C=O) groups excluding carboxylic acids is 1. The van der Waals surface area contributed by atoms with Crippen molar-refractivity contribution >= 4 is 23.5 Å². The molecule has 2 aromatic carbocycles. The van der Waals surface area contributed by atoms with Gasteiger partial charge in [0.15, 0.2) is 0 Å². The zero-order valence-corrected chi connectivity index (χ0v) is 21.9. The molecule has 0 fully saturated rings. The highest BCUT2D eigenvalue weighted by molar-refractivity contribution is 6.31. The third-order valence-electron chi connectivity index (χ3n) is 6.77. The summed E-state index contributed by atoms with van der Waals surface area (Å²) in [5, 5.41) is 9.88. The molecule has 1 N–H and O–H groups in total. The molecule has 0 aromatic heterocycles. The molecule has 0 unspecified atom stereocenters. The first-order valence-corrected chi connectivity index (χ1v) is 12.3. The molecule has 3 rings (SSSR count). The van der Waals surface area contributed by atoms with Crippen molar-refractivity contribution in [1.29, 1.82) is 0 Å². The van der Waals surface area contributed by atoms with Crippen LogP contribution in [0.3, 0.4) is 0 Å². The lowest BCUT2D eigenvalue weighted by atomic mass is 9.68. The number of carboxylic acids is 1. The number of carboxylic acid groups (broad SMARTS) is 1. The van der Waals surface area contributed by atoms with Crippen molar-refractivity contribution in [3.63, 3.8) is 0 Å². The van der Waals surface area contributed by atoms with Gasteiger partial charge in [-0.2, -0.15) is 0 Å². The largest absolute Gasteiger partial charge is 0.478 e. The summed E-state index contributed by atoms with van der Waals surface area (Å²) in [6.45, 7) is 13.5. The second-order valence-corrected chi connectivity index (χ2v) is 11.5. The van der Waals surface area contributed by atoms with Crippen molar-refractivity contribution < 1.29 is 14.7 Å². The van der Waals surface area contributed by atoms with Crippen LogP contribution >= 0.6 is 11.6 Å². The van der Waals surface area contributed by atoms with Gasteiger partial charge in [-0.15, -0.1) is 0 Å². The molecule has 0 bridgehead atoms. The Morgan fingerprint density at radius 3 is 2.32 bits per heavy atom. The Balaban J connectivity index is 1.89. The van der Waals surface area contributed by atoms with Crippen LogP contribution < -0.4 is 0 Å². The van der Waals surface area contributed by atoms with Crippen LogP contribution in [-0.2, 0) is 23.2 Å². The number of halogens is 1. The molecule has 34 heavy (non-hydrogen) atoms. The van der Waals surface area contributed by atoms with E-state index in [9.17, 15) is 9.59 Å². The molecule has 0 saturated heterocycles. The summed E-state index contributed by atoms with van der Waals surface area (Å²) in [6.07, 6.45) is 4.34. The van der Waals surface area contributed by atoms with Gasteiger partial charge >= 0.3 is 5.97 Å². The van der Waals surface area contributed by atoms with E-state index in [4.69, 9.17) is 16.7 Å². The molecular weight excluding hydrogens is 446 g/mol. The maximum atomic E-state index is 13.2. The summed E-state index contributed by atoms with van der Waals surface area (Å²) in [5.41, 5.74) is 4.35. The number of nitrogens with zero attached hydrogens (tertiary/aromatic N) is 1. The fourth-order valence-corrected chi connectivity index (χ4v) is 4.90. The Labute approximate surface area is 208 Å². The zero-order valence-electron chi connectivity index (χ0n) is 21.1. The summed E-state index contributed by atoms with van der Waals surface area (Å²) in [4.78, 5) is 26.1. The van der Waals surface area contributed by atoms with Crippen LogP contribution in [0, 0.1) is 11.3 Å². The van der Waals surface area contributed by atoms with Gasteiger partial charge in [-0.1, -0.05) is 77.4 Å². The van der Waals surface area contributed by atoms with Gasteiger partial charge in [-0.3, -0.25) is 4.79 Å². The molecule has 1 aliphatic heterocycles. The number of allylic oxidation sites excluding steroid dienone is 1. The van der Waals surface area contributed by atoms with Gasteiger partial charge in [-0.05, 0) is 64.6 Å². The SMILES string of the molecule is CC(C)C1=CN(Cc2ccc(C(=O)O)cc2)C(=O)C[C@@]1(C)c1ccc(CCC(C)(C)C)c(Cl)c1. The standard InChI is InChI=1S/C29H36ClNO3/c1-19(2)24-18-31(17-20-7-9-22(10-8-20)27(33)34)26(32)16-29(24,6)23-12-11-21(25(30)15-23)13-14-28(3,4)5/h7-12,15,18-19H,13-14,16-17H2,1-6H3,(H,33,34)/t29-/m0/s1. The first-order chi connectivity index (χ1) is 15.8. The Hall–Kier alpha value is -2.59. The monoisotopic (exact) mass is 481 g/mol. The molecule has 0 aliphatic carbocycles. The molecule has 0 saturated carbocycles. The van der Waals surface area contributed by atoms with Gasteiger partial charge in [0.25, 0.3) is 0 Å². The van der Waals surface area contributed by atoms with E-state index in [0.717, 1.165) is 34.6 Å².